The van der Waals surface area contributed by atoms with Crippen LogP contribution in [-0.4, -0.2) is 12.6 Å². The van der Waals surface area contributed by atoms with Crippen molar-refractivity contribution in [2.24, 2.45) is 0 Å². The van der Waals surface area contributed by atoms with E-state index in [0.29, 0.717) is 18.6 Å². The lowest BCUT2D eigenvalue weighted by molar-refractivity contribution is -0.143. The molecule has 0 saturated heterocycles. The highest BCUT2D eigenvalue weighted by Gasteiger charge is 2.13. The van der Waals surface area contributed by atoms with Crippen LogP contribution >= 0.6 is 23.2 Å². The molecule has 0 amide bonds. The third-order valence-corrected chi connectivity index (χ3v) is 2.99. The van der Waals surface area contributed by atoms with Gasteiger partial charge in [0.2, 0.25) is 0 Å². The van der Waals surface area contributed by atoms with Crippen molar-refractivity contribution < 1.29 is 13.9 Å². The highest BCUT2D eigenvalue weighted by atomic mass is 35.5. The predicted molar refractivity (Wildman–Crippen MR) is 65.9 cm³/mol. The van der Waals surface area contributed by atoms with Crippen LogP contribution in [-0.2, 0) is 9.53 Å². The van der Waals surface area contributed by atoms with Crippen molar-refractivity contribution in [2.45, 2.75) is 25.1 Å². The molecule has 0 heterocycles. The SMILES string of the molecule is CCOC(=O)CCC(Cl)c1ccc(Cl)c(F)c1. The van der Waals surface area contributed by atoms with Gasteiger partial charge in [-0.15, -0.1) is 11.6 Å². The van der Waals surface area contributed by atoms with E-state index in [0.717, 1.165) is 0 Å². The maximum atomic E-state index is 13.2. The molecule has 0 aliphatic carbocycles. The van der Waals surface area contributed by atoms with Gasteiger partial charge in [0.15, 0.2) is 0 Å². The number of carbonyl (C=O) groups is 1. The van der Waals surface area contributed by atoms with Crippen LogP contribution in [0.15, 0.2) is 18.2 Å². The Morgan fingerprint density at radius 2 is 2.24 bits per heavy atom. The first-order valence-electron chi connectivity index (χ1n) is 5.29. The molecule has 1 aromatic carbocycles. The van der Waals surface area contributed by atoms with Gasteiger partial charge in [-0.25, -0.2) is 4.39 Å². The van der Waals surface area contributed by atoms with Gasteiger partial charge in [0, 0.05) is 6.42 Å². The Balaban J connectivity index is 2.54. The summed E-state index contributed by atoms with van der Waals surface area (Å²) < 4.78 is 18.0. The summed E-state index contributed by atoms with van der Waals surface area (Å²) >= 11 is 11.6. The summed E-state index contributed by atoms with van der Waals surface area (Å²) in [5, 5.41) is -0.366. The Morgan fingerprint density at radius 1 is 1.53 bits per heavy atom. The van der Waals surface area contributed by atoms with E-state index in [9.17, 15) is 9.18 Å². The smallest absolute Gasteiger partial charge is 0.305 e. The van der Waals surface area contributed by atoms with Crippen LogP contribution in [0.4, 0.5) is 4.39 Å². The van der Waals surface area contributed by atoms with Crippen molar-refractivity contribution in [2.75, 3.05) is 6.61 Å². The lowest BCUT2D eigenvalue weighted by atomic mass is 10.1. The fourth-order valence-electron chi connectivity index (χ4n) is 1.35. The molecule has 0 radical (unpaired) electrons. The van der Waals surface area contributed by atoms with Crippen molar-refractivity contribution in [3.8, 4) is 0 Å². The van der Waals surface area contributed by atoms with Gasteiger partial charge in [-0.2, -0.15) is 0 Å². The third kappa shape index (κ3) is 4.52. The molecular formula is C12H13Cl2FO2. The molecule has 0 N–H and O–H groups in total. The molecule has 5 heteroatoms. The zero-order valence-electron chi connectivity index (χ0n) is 9.38. The molecule has 0 aliphatic heterocycles. The molecule has 1 rings (SSSR count). The van der Waals surface area contributed by atoms with E-state index in [1.165, 1.54) is 12.1 Å². The Kier molecular flexibility index (Phi) is 5.72. The van der Waals surface area contributed by atoms with E-state index >= 15 is 0 Å². The van der Waals surface area contributed by atoms with Gasteiger partial charge in [-0.05, 0) is 31.0 Å². The average molecular weight is 279 g/mol. The molecule has 0 aliphatic rings. The summed E-state index contributed by atoms with van der Waals surface area (Å²) in [6, 6.07) is 4.38. The summed E-state index contributed by atoms with van der Waals surface area (Å²) in [6.07, 6.45) is 0.619. The first-order chi connectivity index (χ1) is 8.04. The number of hydrogen-bond acceptors (Lipinski definition) is 2. The van der Waals surface area contributed by atoms with Crippen molar-refractivity contribution in [3.05, 3.63) is 34.6 Å². The molecule has 94 valence electrons. The predicted octanol–water partition coefficient (Wildman–Crippen LogP) is 4.10. The van der Waals surface area contributed by atoms with Gasteiger partial charge in [-0.1, -0.05) is 17.7 Å². The molecule has 1 unspecified atom stereocenters. The van der Waals surface area contributed by atoms with E-state index < -0.39 is 11.2 Å². The van der Waals surface area contributed by atoms with Gasteiger partial charge < -0.3 is 4.74 Å². The van der Waals surface area contributed by atoms with E-state index in [4.69, 9.17) is 27.9 Å². The number of carbonyl (C=O) groups excluding carboxylic acids is 1. The molecule has 0 spiro atoms. The first-order valence-corrected chi connectivity index (χ1v) is 6.10. The summed E-state index contributed by atoms with van der Waals surface area (Å²) in [5.41, 5.74) is 0.609. The number of rotatable bonds is 5. The van der Waals surface area contributed by atoms with Crippen molar-refractivity contribution in [3.63, 3.8) is 0 Å². The zero-order valence-corrected chi connectivity index (χ0v) is 10.9. The highest BCUT2D eigenvalue weighted by molar-refractivity contribution is 6.30. The van der Waals surface area contributed by atoms with Crippen LogP contribution in [0.25, 0.3) is 0 Å². The number of benzene rings is 1. The van der Waals surface area contributed by atoms with Crippen molar-refractivity contribution in [1.82, 2.24) is 0 Å². The maximum Gasteiger partial charge on any atom is 0.305 e. The number of esters is 1. The van der Waals surface area contributed by atoms with E-state index in [1.807, 2.05) is 0 Å². The van der Waals surface area contributed by atoms with Gasteiger partial charge >= 0.3 is 5.97 Å². The minimum atomic E-state index is -0.508. The van der Waals surface area contributed by atoms with Crippen LogP contribution in [0.1, 0.15) is 30.7 Å². The minimum Gasteiger partial charge on any atom is -0.466 e. The highest BCUT2D eigenvalue weighted by Crippen LogP contribution is 2.28. The van der Waals surface area contributed by atoms with E-state index in [-0.39, 0.29) is 17.4 Å². The molecule has 0 fully saturated rings. The quantitative estimate of drug-likeness (QED) is 0.599. The second-order valence-electron chi connectivity index (χ2n) is 3.48. The molecule has 0 saturated carbocycles. The van der Waals surface area contributed by atoms with Gasteiger partial charge in [0.1, 0.15) is 5.82 Å². The van der Waals surface area contributed by atoms with Gasteiger partial charge in [0.25, 0.3) is 0 Å². The summed E-state index contributed by atoms with van der Waals surface area (Å²) in [6.45, 7) is 2.09. The average Bonchev–Trinajstić information content (AvgIpc) is 2.30. The molecule has 1 aromatic rings. The monoisotopic (exact) mass is 278 g/mol. The summed E-state index contributed by atoms with van der Waals surface area (Å²) in [4.78, 5) is 11.1. The topological polar surface area (TPSA) is 26.3 Å². The van der Waals surface area contributed by atoms with Crippen molar-refractivity contribution >= 4 is 29.2 Å². The van der Waals surface area contributed by atoms with Gasteiger partial charge in [0.05, 0.1) is 17.0 Å². The molecule has 2 nitrogen and oxygen atoms in total. The van der Waals surface area contributed by atoms with Crippen molar-refractivity contribution in [1.29, 1.82) is 0 Å². The normalized spacial score (nSPS) is 12.2. The number of halogens is 3. The number of ether oxygens (including phenoxy) is 1. The van der Waals surface area contributed by atoms with Crippen LogP contribution in [0.5, 0.6) is 0 Å². The fourth-order valence-corrected chi connectivity index (χ4v) is 1.71. The zero-order chi connectivity index (χ0) is 12.8. The second-order valence-corrected chi connectivity index (χ2v) is 4.42. The first kappa shape index (κ1) is 14.3. The molecule has 0 aromatic heterocycles. The van der Waals surface area contributed by atoms with Crippen LogP contribution in [0.3, 0.4) is 0 Å². The largest absolute Gasteiger partial charge is 0.466 e. The second kappa shape index (κ2) is 6.82. The van der Waals surface area contributed by atoms with Crippen LogP contribution in [0.2, 0.25) is 5.02 Å². The van der Waals surface area contributed by atoms with Gasteiger partial charge in [-0.3, -0.25) is 4.79 Å². The third-order valence-electron chi connectivity index (χ3n) is 2.21. The Labute approximate surface area is 110 Å². The molecular weight excluding hydrogens is 266 g/mol. The Bertz CT molecular complexity index is 396. The maximum absolute atomic E-state index is 13.2. The Hall–Kier alpha value is -0.800. The molecule has 0 bridgehead atoms. The minimum absolute atomic E-state index is 0.0583. The van der Waals surface area contributed by atoms with Crippen LogP contribution < -0.4 is 0 Å². The van der Waals surface area contributed by atoms with E-state index in [2.05, 4.69) is 0 Å². The molecule has 1 atom stereocenters. The Morgan fingerprint density at radius 3 is 2.82 bits per heavy atom. The number of hydrogen-bond donors (Lipinski definition) is 0. The summed E-state index contributed by atoms with van der Waals surface area (Å²) in [5.74, 6) is -0.807. The molecule has 17 heavy (non-hydrogen) atoms. The standard InChI is InChI=1S/C12H13Cl2FO2/c1-2-17-12(16)6-5-9(13)8-3-4-10(14)11(15)7-8/h3-4,7,9H,2,5-6H2,1H3. The fraction of sp³-hybridized carbons (Fsp3) is 0.417. The lowest BCUT2D eigenvalue weighted by Crippen LogP contribution is -2.05. The lowest BCUT2D eigenvalue weighted by Gasteiger charge is -2.09. The summed E-state index contributed by atoms with van der Waals surface area (Å²) in [7, 11) is 0. The number of alkyl halides is 1. The van der Waals surface area contributed by atoms with E-state index in [1.54, 1.807) is 13.0 Å². The van der Waals surface area contributed by atoms with Crippen LogP contribution in [0, 0.1) is 5.82 Å².